The third kappa shape index (κ3) is 2.58. The Labute approximate surface area is 107 Å². The van der Waals surface area contributed by atoms with Gasteiger partial charge in [0.25, 0.3) is 0 Å². The molecule has 1 aliphatic rings. The molecule has 98 valence electrons. The molecule has 1 aliphatic heterocycles. The van der Waals surface area contributed by atoms with Gasteiger partial charge in [0.2, 0.25) is 5.91 Å². The molecule has 0 saturated carbocycles. The van der Waals surface area contributed by atoms with Gasteiger partial charge in [-0.3, -0.25) is 9.78 Å². The minimum atomic E-state index is -4.46. The predicted molar refractivity (Wildman–Crippen MR) is 60.4 cm³/mol. The highest BCUT2D eigenvalue weighted by Crippen LogP contribution is 2.32. The first-order valence-corrected chi connectivity index (χ1v) is 5.84. The van der Waals surface area contributed by atoms with Gasteiger partial charge >= 0.3 is 6.18 Å². The molecule has 0 aromatic carbocycles. The SMILES string of the molecule is O=C1CC(CCl)CN1c1cncc(C(F)(F)F)c1. The van der Waals surface area contributed by atoms with Gasteiger partial charge < -0.3 is 4.90 Å². The summed E-state index contributed by atoms with van der Waals surface area (Å²) >= 11 is 5.66. The summed E-state index contributed by atoms with van der Waals surface area (Å²) in [6.07, 6.45) is -2.20. The quantitative estimate of drug-likeness (QED) is 0.779. The van der Waals surface area contributed by atoms with Crippen LogP contribution in [0, 0.1) is 5.92 Å². The van der Waals surface area contributed by atoms with Crippen molar-refractivity contribution in [3.8, 4) is 0 Å². The molecule has 1 saturated heterocycles. The molecule has 7 heteroatoms. The topological polar surface area (TPSA) is 33.2 Å². The van der Waals surface area contributed by atoms with Crippen LogP contribution in [0.4, 0.5) is 18.9 Å². The van der Waals surface area contributed by atoms with Crippen LogP contribution in [0.2, 0.25) is 0 Å². The van der Waals surface area contributed by atoms with E-state index in [2.05, 4.69) is 4.98 Å². The summed E-state index contributed by atoms with van der Waals surface area (Å²) in [5, 5.41) is 0. The molecular formula is C11H10ClF3N2O. The summed E-state index contributed by atoms with van der Waals surface area (Å²) in [5.41, 5.74) is -0.690. The number of rotatable bonds is 2. The summed E-state index contributed by atoms with van der Waals surface area (Å²) in [7, 11) is 0. The van der Waals surface area contributed by atoms with Crippen LogP contribution in [0.25, 0.3) is 0 Å². The van der Waals surface area contributed by atoms with Gasteiger partial charge in [0.05, 0.1) is 17.4 Å². The largest absolute Gasteiger partial charge is 0.417 e. The lowest BCUT2D eigenvalue weighted by atomic mass is 10.1. The van der Waals surface area contributed by atoms with Crippen LogP contribution in [0.5, 0.6) is 0 Å². The lowest BCUT2D eigenvalue weighted by Gasteiger charge is -2.17. The van der Waals surface area contributed by atoms with Gasteiger partial charge in [-0.2, -0.15) is 13.2 Å². The van der Waals surface area contributed by atoms with Gasteiger partial charge in [0.15, 0.2) is 0 Å². The van der Waals surface area contributed by atoms with Crippen LogP contribution < -0.4 is 4.90 Å². The Morgan fingerprint density at radius 2 is 2.17 bits per heavy atom. The fraction of sp³-hybridized carbons (Fsp3) is 0.455. The van der Waals surface area contributed by atoms with Crippen LogP contribution in [-0.2, 0) is 11.0 Å². The third-order valence-corrected chi connectivity index (χ3v) is 3.22. The van der Waals surface area contributed by atoms with Gasteiger partial charge in [0, 0.05) is 25.0 Å². The molecule has 1 fully saturated rings. The minimum absolute atomic E-state index is 0.0197. The summed E-state index contributed by atoms with van der Waals surface area (Å²) in [6, 6.07) is 0.932. The number of pyridine rings is 1. The first kappa shape index (κ1) is 13.1. The van der Waals surface area contributed by atoms with E-state index in [1.165, 1.54) is 11.1 Å². The van der Waals surface area contributed by atoms with Crippen molar-refractivity contribution in [1.29, 1.82) is 0 Å². The number of carbonyl (C=O) groups excluding carboxylic acids is 1. The second kappa shape index (κ2) is 4.76. The van der Waals surface area contributed by atoms with E-state index < -0.39 is 11.7 Å². The summed E-state index contributed by atoms with van der Waals surface area (Å²) in [4.78, 5) is 16.5. The van der Waals surface area contributed by atoms with E-state index in [0.717, 1.165) is 12.3 Å². The normalized spacial score (nSPS) is 20.6. The van der Waals surface area contributed by atoms with Gasteiger partial charge in [-0.15, -0.1) is 11.6 Å². The average molecular weight is 279 g/mol. The van der Waals surface area contributed by atoms with Crippen molar-refractivity contribution in [3.05, 3.63) is 24.0 Å². The molecule has 18 heavy (non-hydrogen) atoms. The van der Waals surface area contributed by atoms with Gasteiger partial charge in [-0.05, 0) is 12.0 Å². The molecule has 1 aromatic rings. The third-order valence-electron chi connectivity index (χ3n) is 2.79. The van der Waals surface area contributed by atoms with Crippen molar-refractivity contribution in [2.45, 2.75) is 12.6 Å². The lowest BCUT2D eigenvalue weighted by Crippen LogP contribution is -2.25. The lowest BCUT2D eigenvalue weighted by molar-refractivity contribution is -0.137. The van der Waals surface area contributed by atoms with Crippen LogP contribution in [-0.4, -0.2) is 23.3 Å². The maximum absolute atomic E-state index is 12.5. The van der Waals surface area contributed by atoms with Gasteiger partial charge in [0.1, 0.15) is 0 Å². The molecule has 0 radical (unpaired) electrons. The van der Waals surface area contributed by atoms with Crippen LogP contribution >= 0.6 is 11.6 Å². The molecule has 3 nitrogen and oxygen atoms in total. The molecule has 1 aromatic heterocycles. The number of amides is 1. The summed E-state index contributed by atoms with van der Waals surface area (Å²) in [6.45, 7) is 0.339. The highest BCUT2D eigenvalue weighted by molar-refractivity contribution is 6.18. The monoisotopic (exact) mass is 278 g/mol. The zero-order valence-electron chi connectivity index (χ0n) is 9.25. The van der Waals surface area contributed by atoms with Crippen LogP contribution in [0.3, 0.4) is 0 Å². The zero-order chi connectivity index (χ0) is 13.3. The van der Waals surface area contributed by atoms with Crippen LogP contribution in [0.1, 0.15) is 12.0 Å². The molecule has 0 bridgehead atoms. The van der Waals surface area contributed by atoms with Crippen molar-refractivity contribution < 1.29 is 18.0 Å². The van der Waals surface area contributed by atoms with Gasteiger partial charge in [-0.1, -0.05) is 0 Å². The van der Waals surface area contributed by atoms with E-state index in [1.807, 2.05) is 0 Å². The fourth-order valence-electron chi connectivity index (χ4n) is 1.86. The van der Waals surface area contributed by atoms with Gasteiger partial charge in [-0.25, -0.2) is 0 Å². The van der Waals surface area contributed by atoms with Crippen molar-refractivity contribution >= 4 is 23.2 Å². The number of carbonyl (C=O) groups is 1. The standard InChI is InChI=1S/C11H10ClF3N2O/c12-3-7-1-10(18)17(6-7)9-2-8(4-16-5-9)11(13,14)15/h2,4-5,7H,1,3,6H2. The number of hydrogen-bond acceptors (Lipinski definition) is 2. The summed E-state index contributed by atoms with van der Waals surface area (Å²) in [5.74, 6) is 0.0738. The first-order valence-electron chi connectivity index (χ1n) is 5.30. The second-order valence-corrected chi connectivity index (χ2v) is 4.47. The van der Waals surface area contributed by atoms with E-state index in [-0.39, 0.29) is 23.9 Å². The van der Waals surface area contributed by atoms with E-state index >= 15 is 0 Å². The molecule has 0 aliphatic carbocycles. The molecular weight excluding hydrogens is 269 g/mol. The molecule has 2 rings (SSSR count). The van der Waals surface area contributed by atoms with E-state index in [4.69, 9.17) is 11.6 Å². The maximum atomic E-state index is 12.5. The number of halogens is 4. The molecule has 1 atom stereocenters. The fourth-order valence-corrected chi connectivity index (χ4v) is 2.07. The highest BCUT2D eigenvalue weighted by atomic mass is 35.5. The molecule has 1 unspecified atom stereocenters. The van der Waals surface area contributed by atoms with Crippen molar-refractivity contribution in [3.63, 3.8) is 0 Å². The minimum Gasteiger partial charge on any atom is -0.311 e. The number of hydrogen-bond donors (Lipinski definition) is 0. The zero-order valence-corrected chi connectivity index (χ0v) is 10.0. The Morgan fingerprint density at radius 3 is 2.72 bits per heavy atom. The average Bonchev–Trinajstić information content (AvgIpc) is 2.70. The maximum Gasteiger partial charge on any atom is 0.417 e. The Bertz CT molecular complexity index is 464. The smallest absolute Gasteiger partial charge is 0.311 e. The van der Waals surface area contributed by atoms with Crippen LogP contribution in [0.15, 0.2) is 18.5 Å². The highest BCUT2D eigenvalue weighted by Gasteiger charge is 2.34. The second-order valence-electron chi connectivity index (χ2n) is 4.16. The molecule has 0 N–H and O–H groups in total. The number of anilines is 1. The Kier molecular flexibility index (Phi) is 3.47. The first-order chi connectivity index (χ1) is 8.41. The predicted octanol–water partition coefficient (Wildman–Crippen LogP) is 2.69. The Balaban J connectivity index is 2.27. The van der Waals surface area contributed by atoms with E-state index in [1.54, 1.807) is 0 Å². The van der Waals surface area contributed by atoms with E-state index in [0.29, 0.717) is 12.4 Å². The number of alkyl halides is 4. The Hall–Kier alpha value is -1.30. The Morgan fingerprint density at radius 1 is 1.44 bits per heavy atom. The van der Waals surface area contributed by atoms with Crippen molar-refractivity contribution in [1.82, 2.24) is 4.98 Å². The van der Waals surface area contributed by atoms with E-state index in [9.17, 15) is 18.0 Å². The number of aromatic nitrogens is 1. The molecule has 1 amide bonds. The molecule has 2 heterocycles. The number of nitrogens with zero attached hydrogens (tertiary/aromatic N) is 2. The summed E-state index contributed by atoms with van der Waals surface area (Å²) < 4.78 is 37.6. The molecule has 0 spiro atoms. The van der Waals surface area contributed by atoms with Crippen molar-refractivity contribution in [2.75, 3.05) is 17.3 Å². The van der Waals surface area contributed by atoms with Crippen molar-refractivity contribution in [2.24, 2.45) is 5.92 Å².